The molecule has 8 heteroatoms. The number of carbonyl (C=O) groups is 1. The summed E-state index contributed by atoms with van der Waals surface area (Å²) < 4.78 is 27.9. The molecule has 0 saturated carbocycles. The third-order valence-electron chi connectivity index (χ3n) is 5.39. The molecule has 1 aliphatic rings. The molecule has 1 aliphatic heterocycles. The first-order valence-corrected chi connectivity index (χ1v) is 12.6. The Balaban J connectivity index is 1.36. The maximum Gasteiger partial charge on any atom is 0.265 e. The van der Waals surface area contributed by atoms with E-state index in [0.717, 1.165) is 10.7 Å². The second-order valence-corrected chi connectivity index (χ2v) is 10.5. The van der Waals surface area contributed by atoms with Crippen LogP contribution in [-0.4, -0.2) is 43.3 Å². The lowest BCUT2D eigenvalue weighted by Crippen LogP contribution is -2.46. The highest BCUT2D eigenvalue weighted by Crippen LogP contribution is 2.24. The molecule has 2 aromatic carbocycles. The Morgan fingerprint density at radius 3 is 2.32 bits per heavy atom. The van der Waals surface area contributed by atoms with Crippen LogP contribution in [-0.2, 0) is 16.4 Å². The molecule has 1 fully saturated rings. The number of piperidine rings is 1. The molecule has 0 bridgehead atoms. The summed E-state index contributed by atoms with van der Waals surface area (Å²) in [4.78, 5) is 20.4. The summed E-state index contributed by atoms with van der Waals surface area (Å²) in [5.74, 6) is -0.0151. The molecule has 1 amide bonds. The quantitative estimate of drug-likeness (QED) is 0.616. The Hall–Kier alpha value is -2.55. The van der Waals surface area contributed by atoms with Gasteiger partial charge in [0.25, 0.3) is 5.91 Å². The van der Waals surface area contributed by atoms with Crippen molar-refractivity contribution in [3.05, 3.63) is 81.8 Å². The molecule has 1 aromatic heterocycles. The first-order valence-electron chi connectivity index (χ1n) is 10.3. The highest BCUT2D eigenvalue weighted by molar-refractivity contribution is 7.89. The third-order valence-corrected chi connectivity index (χ3v) is 8.07. The number of aryl methyl sites for hydroxylation is 1. The minimum absolute atomic E-state index is 0.0151. The SMILES string of the molecule is Cc1nc(Cc2ccccc2)sc1C(=O)N1CCC(NS(=O)(=O)c2ccccc2)CC1. The standard InChI is InChI=1S/C23H25N3O3S2/c1-17-22(30-21(24-17)16-18-8-4-2-5-9-18)23(27)26-14-12-19(13-15-26)25-31(28,29)20-10-6-3-7-11-20/h2-11,19,25H,12-16H2,1H3. The summed E-state index contributed by atoms with van der Waals surface area (Å²) in [5.41, 5.74) is 1.93. The molecule has 2 heterocycles. The summed E-state index contributed by atoms with van der Waals surface area (Å²) in [6.45, 7) is 2.91. The van der Waals surface area contributed by atoms with Crippen LogP contribution in [0.4, 0.5) is 0 Å². The highest BCUT2D eigenvalue weighted by atomic mass is 32.2. The van der Waals surface area contributed by atoms with Crippen molar-refractivity contribution >= 4 is 27.3 Å². The first-order chi connectivity index (χ1) is 14.9. The van der Waals surface area contributed by atoms with Gasteiger partial charge in [0.05, 0.1) is 15.6 Å². The molecule has 162 valence electrons. The summed E-state index contributed by atoms with van der Waals surface area (Å²) in [5, 5.41) is 0.928. The van der Waals surface area contributed by atoms with Crippen LogP contribution in [0.5, 0.6) is 0 Å². The molecule has 0 spiro atoms. The van der Waals surface area contributed by atoms with E-state index in [-0.39, 0.29) is 16.8 Å². The van der Waals surface area contributed by atoms with Crippen molar-refractivity contribution in [1.29, 1.82) is 0 Å². The van der Waals surface area contributed by atoms with Crippen LogP contribution >= 0.6 is 11.3 Å². The van der Waals surface area contributed by atoms with Gasteiger partial charge < -0.3 is 4.90 Å². The largest absolute Gasteiger partial charge is 0.338 e. The van der Waals surface area contributed by atoms with Gasteiger partial charge in [-0.05, 0) is 37.5 Å². The number of nitrogens with one attached hydrogen (secondary N) is 1. The number of hydrogen-bond donors (Lipinski definition) is 1. The Labute approximate surface area is 187 Å². The zero-order valence-corrected chi connectivity index (χ0v) is 19.0. The fourth-order valence-corrected chi connectivity index (χ4v) is 6.12. The maximum absolute atomic E-state index is 13.1. The number of benzene rings is 2. The lowest BCUT2D eigenvalue weighted by Gasteiger charge is -2.32. The summed E-state index contributed by atoms with van der Waals surface area (Å²) >= 11 is 1.45. The van der Waals surface area contributed by atoms with E-state index in [0.29, 0.717) is 37.2 Å². The third kappa shape index (κ3) is 5.20. The van der Waals surface area contributed by atoms with Crippen LogP contribution in [0, 0.1) is 6.92 Å². The number of amides is 1. The molecule has 6 nitrogen and oxygen atoms in total. The predicted molar refractivity (Wildman–Crippen MR) is 122 cm³/mol. The monoisotopic (exact) mass is 455 g/mol. The van der Waals surface area contributed by atoms with Crippen molar-refractivity contribution in [3.63, 3.8) is 0 Å². The van der Waals surface area contributed by atoms with Gasteiger partial charge >= 0.3 is 0 Å². The Morgan fingerprint density at radius 2 is 1.68 bits per heavy atom. The lowest BCUT2D eigenvalue weighted by atomic mass is 10.1. The second-order valence-electron chi connectivity index (χ2n) is 7.69. The molecule has 0 aliphatic carbocycles. The van der Waals surface area contributed by atoms with Crippen LogP contribution < -0.4 is 4.72 Å². The zero-order valence-electron chi connectivity index (χ0n) is 17.3. The molecule has 1 N–H and O–H groups in total. The molecular weight excluding hydrogens is 430 g/mol. The molecule has 0 unspecified atom stereocenters. The Morgan fingerprint density at radius 1 is 1.06 bits per heavy atom. The van der Waals surface area contributed by atoms with Crippen molar-refractivity contribution < 1.29 is 13.2 Å². The smallest absolute Gasteiger partial charge is 0.265 e. The van der Waals surface area contributed by atoms with Crippen molar-refractivity contribution in [2.45, 2.75) is 37.1 Å². The van der Waals surface area contributed by atoms with E-state index in [4.69, 9.17) is 0 Å². The maximum atomic E-state index is 13.1. The molecule has 1 saturated heterocycles. The van der Waals surface area contributed by atoms with Crippen LogP contribution in [0.15, 0.2) is 65.6 Å². The fraction of sp³-hybridized carbons (Fsp3) is 0.304. The van der Waals surface area contributed by atoms with Gasteiger partial charge in [0.15, 0.2) is 0 Å². The molecule has 0 radical (unpaired) electrons. The number of nitrogens with zero attached hydrogens (tertiary/aromatic N) is 2. The van der Waals surface area contributed by atoms with Gasteiger partial charge in [0.2, 0.25) is 10.0 Å². The second kappa shape index (κ2) is 9.30. The normalized spacial score (nSPS) is 15.2. The van der Waals surface area contributed by atoms with E-state index in [1.54, 1.807) is 35.2 Å². The predicted octanol–water partition coefficient (Wildman–Crippen LogP) is 3.63. The van der Waals surface area contributed by atoms with Crippen molar-refractivity contribution in [2.24, 2.45) is 0 Å². The van der Waals surface area contributed by atoms with Crippen molar-refractivity contribution in [2.75, 3.05) is 13.1 Å². The Bertz CT molecular complexity index is 1140. The number of hydrogen-bond acceptors (Lipinski definition) is 5. The average Bonchev–Trinajstić information content (AvgIpc) is 3.14. The van der Waals surface area contributed by atoms with E-state index < -0.39 is 10.0 Å². The van der Waals surface area contributed by atoms with E-state index in [9.17, 15) is 13.2 Å². The van der Waals surface area contributed by atoms with Crippen LogP contribution in [0.3, 0.4) is 0 Å². The number of thiazole rings is 1. The highest BCUT2D eigenvalue weighted by Gasteiger charge is 2.29. The van der Waals surface area contributed by atoms with Crippen LogP contribution in [0.25, 0.3) is 0 Å². The Kier molecular flexibility index (Phi) is 6.50. The minimum Gasteiger partial charge on any atom is -0.338 e. The molecule has 3 aromatic rings. The van der Waals surface area contributed by atoms with E-state index in [1.807, 2.05) is 25.1 Å². The number of rotatable bonds is 6. The van der Waals surface area contributed by atoms with Gasteiger partial charge in [-0.2, -0.15) is 0 Å². The van der Waals surface area contributed by atoms with Gasteiger partial charge in [-0.3, -0.25) is 4.79 Å². The number of aromatic nitrogens is 1. The number of likely N-dealkylation sites (tertiary alicyclic amines) is 1. The van der Waals surface area contributed by atoms with Crippen molar-refractivity contribution in [1.82, 2.24) is 14.6 Å². The van der Waals surface area contributed by atoms with Gasteiger partial charge in [-0.1, -0.05) is 48.5 Å². The summed E-state index contributed by atoms with van der Waals surface area (Å²) in [7, 11) is -3.54. The van der Waals surface area contributed by atoms with Gasteiger partial charge in [-0.25, -0.2) is 18.1 Å². The fourth-order valence-electron chi connectivity index (χ4n) is 3.73. The summed E-state index contributed by atoms with van der Waals surface area (Å²) in [6.07, 6.45) is 1.89. The van der Waals surface area contributed by atoms with E-state index in [2.05, 4.69) is 21.8 Å². The van der Waals surface area contributed by atoms with E-state index >= 15 is 0 Å². The topological polar surface area (TPSA) is 79.4 Å². The van der Waals surface area contributed by atoms with Gasteiger partial charge in [-0.15, -0.1) is 11.3 Å². The van der Waals surface area contributed by atoms with Crippen LogP contribution in [0.1, 0.15) is 38.8 Å². The first kappa shape index (κ1) is 21.7. The number of sulfonamides is 1. The van der Waals surface area contributed by atoms with Crippen LogP contribution in [0.2, 0.25) is 0 Å². The molecule has 31 heavy (non-hydrogen) atoms. The van der Waals surface area contributed by atoms with Gasteiger partial charge in [0.1, 0.15) is 4.88 Å². The average molecular weight is 456 g/mol. The van der Waals surface area contributed by atoms with Crippen molar-refractivity contribution in [3.8, 4) is 0 Å². The number of carbonyl (C=O) groups excluding carboxylic acids is 1. The van der Waals surface area contributed by atoms with E-state index in [1.165, 1.54) is 16.9 Å². The molecule has 0 atom stereocenters. The molecule has 4 rings (SSSR count). The molecular formula is C23H25N3O3S2. The minimum atomic E-state index is -3.54. The zero-order chi connectivity index (χ0) is 21.8. The van der Waals surface area contributed by atoms with Gasteiger partial charge in [0, 0.05) is 25.6 Å². The summed E-state index contributed by atoms with van der Waals surface area (Å²) in [6, 6.07) is 18.3. The lowest BCUT2D eigenvalue weighted by molar-refractivity contribution is 0.0715.